The summed E-state index contributed by atoms with van der Waals surface area (Å²) >= 11 is 0. The van der Waals surface area contributed by atoms with Gasteiger partial charge in [0.1, 0.15) is 6.04 Å². The fourth-order valence-corrected chi connectivity index (χ4v) is 2.49. The van der Waals surface area contributed by atoms with Crippen LogP contribution in [0.2, 0.25) is 0 Å². The highest BCUT2D eigenvalue weighted by Gasteiger charge is 2.52. The first-order chi connectivity index (χ1) is 10.5. The highest BCUT2D eigenvalue weighted by atomic mass is 19.4. The predicted molar refractivity (Wildman–Crippen MR) is 84.6 cm³/mol. The summed E-state index contributed by atoms with van der Waals surface area (Å²) in [5.41, 5.74) is -0.308. The van der Waals surface area contributed by atoms with Gasteiger partial charge in [-0.1, -0.05) is 31.2 Å². The maximum atomic E-state index is 13.2. The molecule has 1 fully saturated rings. The van der Waals surface area contributed by atoms with Gasteiger partial charge in [-0.25, -0.2) is 0 Å². The van der Waals surface area contributed by atoms with Crippen molar-refractivity contribution in [1.29, 1.82) is 0 Å². The molecule has 0 amide bonds. The van der Waals surface area contributed by atoms with Gasteiger partial charge in [-0.05, 0) is 45.3 Å². The van der Waals surface area contributed by atoms with Crippen molar-refractivity contribution >= 4 is 12.6 Å². The average Bonchev–Trinajstić information content (AvgIpc) is 2.64. The summed E-state index contributed by atoms with van der Waals surface area (Å²) in [5.74, 6) is 0. The van der Waals surface area contributed by atoms with E-state index in [-0.39, 0.29) is 12.1 Å². The van der Waals surface area contributed by atoms with Gasteiger partial charge < -0.3 is 14.6 Å². The first-order valence-corrected chi connectivity index (χ1v) is 7.73. The molecule has 23 heavy (non-hydrogen) atoms. The Morgan fingerprint density at radius 1 is 1.13 bits per heavy atom. The normalized spacial score (nSPS) is 21.5. The average molecular weight is 329 g/mol. The van der Waals surface area contributed by atoms with Crippen molar-refractivity contribution in [2.75, 3.05) is 6.54 Å². The quantitative estimate of drug-likeness (QED) is 0.861. The van der Waals surface area contributed by atoms with Crippen LogP contribution in [-0.4, -0.2) is 31.0 Å². The van der Waals surface area contributed by atoms with E-state index in [0.29, 0.717) is 5.46 Å². The Morgan fingerprint density at radius 3 is 2.17 bits per heavy atom. The Kier molecular flexibility index (Phi) is 4.86. The van der Waals surface area contributed by atoms with E-state index in [1.54, 1.807) is 19.1 Å². The predicted octanol–water partition coefficient (Wildman–Crippen LogP) is 3.20. The molecule has 3 nitrogen and oxygen atoms in total. The molecule has 0 aromatic heterocycles. The van der Waals surface area contributed by atoms with Gasteiger partial charge in [0.2, 0.25) is 0 Å². The summed E-state index contributed by atoms with van der Waals surface area (Å²) in [4.78, 5) is 0. The SMILES string of the molecule is CCNC(c1cccc(B2OC(C)(C)C(C)(C)O2)c1)C(F)(F)F. The summed E-state index contributed by atoms with van der Waals surface area (Å²) in [6, 6.07) is 4.60. The third-order valence-electron chi connectivity index (χ3n) is 4.51. The van der Waals surface area contributed by atoms with E-state index >= 15 is 0 Å². The molecule has 1 saturated heterocycles. The largest absolute Gasteiger partial charge is 0.494 e. The molecule has 1 N–H and O–H groups in total. The Morgan fingerprint density at radius 2 is 1.70 bits per heavy atom. The van der Waals surface area contributed by atoms with Gasteiger partial charge in [0.05, 0.1) is 11.2 Å². The van der Waals surface area contributed by atoms with Crippen molar-refractivity contribution in [2.45, 2.75) is 58.0 Å². The zero-order valence-electron chi connectivity index (χ0n) is 14.1. The third kappa shape index (κ3) is 3.73. The number of rotatable bonds is 4. The molecule has 0 bridgehead atoms. The lowest BCUT2D eigenvalue weighted by molar-refractivity contribution is -0.157. The molecular formula is C16H23BF3NO2. The maximum absolute atomic E-state index is 13.2. The number of hydrogen-bond acceptors (Lipinski definition) is 3. The van der Waals surface area contributed by atoms with Crippen LogP contribution in [0.25, 0.3) is 0 Å². The molecule has 1 atom stereocenters. The molecular weight excluding hydrogens is 306 g/mol. The van der Waals surface area contributed by atoms with Crippen molar-refractivity contribution in [3.05, 3.63) is 29.8 Å². The van der Waals surface area contributed by atoms with E-state index in [0.717, 1.165) is 0 Å². The van der Waals surface area contributed by atoms with E-state index in [1.165, 1.54) is 12.1 Å². The Bertz CT molecular complexity index is 545. The molecule has 0 spiro atoms. The van der Waals surface area contributed by atoms with Gasteiger partial charge in [0.15, 0.2) is 0 Å². The Balaban J connectivity index is 2.30. The molecule has 1 aliphatic rings. The molecule has 7 heteroatoms. The maximum Gasteiger partial charge on any atom is 0.494 e. The van der Waals surface area contributed by atoms with E-state index in [4.69, 9.17) is 9.31 Å². The number of nitrogens with one attached hydrogen (secondary N) is 1. The van der Waals surface area contributed by atoms with Crippen LogP contribution in [0.5, 0.6) is 0 Å². The lowest BCUT2D eigenvalue weighted by atomic mass is 9.78. The van der Waals surface area contributed by atoms with Crippen molar-refractivity contribution in [1.82, 2.24) is 5.32 Å². The smallest absolute Gasteiger partial charge is 0.399 e. The first-order valence-electron chi connectivity index (χ1n) is 7.73. The molecule has 1 aromatic rings. The van der Waals surface area contributed by atoms with E-state index in [2.05, 4.69) is 5.32 Å². The number of benzene rings is 1. The van der Waals surface area contributed by atoms with E-state index in [9.17, 15) is 13.2 Å². The third-order valence-corrected chi connectivity index (χ3v) is 4.51. The van der Waals surface area contributed by atoms with Crippen LogP contribution in [-0.2, 0) is 9.31 Å². The minimum absolute atomic E-state index is 0.159. The first kappa shape index (κ1) is 18.3. The van der Waals surface area contributed by atoms with Gasteiger partial charge in [0.25, 0.3) is 0 Å². The van der Waals surface area contributed by atoms with Gasteiger partial charge in [-0.15, -0.1) is 0 Å². The molecule has 0 saturated carbocycles. The van der Waals surface area contributed by atoms with E-state index < -0.39 is 30.5 Å². The van der Waals surface area contributed by atoms with Gasteiger partial charge >= 0.3 is 13.3 Å². The van der Waals surface area contributed by atoms with Gasteiger partial charge in [0, 0.05) is 0 Å². The zero-order chi connectivity index (χ0) is 17.5. The summed E-state index contributed by atoms with van der Waals surface area (Å²) in [6.45, 7) is 9.52. The van der Waals surface area contributed by atoms with Crippen LogP contribution in [0, 0.1) is 0 Å². The van der Waals surface area contributed by atoms with Crippen molar-refractivity contribution in [3.63, 3.8) is 0 Å². The number of hydrogen-bond donors (Lipinski definition) is 1. The molecule has 128 valence electrons. The minimum atomic E-state index is -4.36. The molecule has 1 aromatic carbocycles. The summed E-state index contributed by atoms with van der Waals surface area (Å²) in [5, 5.41) is 2.48. The summed E-state index contributed by atoms with van der Waals surface area (Å²) in [6.07, 6.45) is -4.36. The van der Waals surface area contributed by atoms with Crippen LogP contribution >= 0.6 is 0 Å². The van der Waals surface area contributed by atoms with Gasteiger partial charge in [-0.3, -0.25) is 0 Å². The second-order valence-corrected chi connectivity index (χ2v) is 6.79. The molecule has 2 rings (SSSR count). The molecule has 0 radical (unpaired) electrons. The second kappa shape index (κ2) is 6.11. The number of alkyl halides is 3. The lowest BCUT2D eigenvalue weighted by Crippen LogP contribution is -2.41. The fraction of sp³-hybridized carbons (Fsp3) is 0.625. The fourth-order valence-electron chi connectivity index (χ4n) is 2.49. The lowest BCUT2D eigenvalue weighted by Gasteiger charge is -2.32. The van der Waals surface area contributed by atoms with Crippen LogP contribution in [0.15, 0.2) is 24.3 Å². The molecule has 1 heterocycles. The summed E-state index contributed by atoms with van der Waals surface area (Å²) in [7, 11) is -0.671. The van der Waals surface area contributed by atoms with Crippen molar-refractivity contribution in [3.8, 4) is 0 Å². The van der Waals surface area contributed by atoms with Crippen LogP contribution in [0.3, 0.4) is 0 Å². The monoisotopic (exact) mass is 329 g/mol. The van der Waals surface area contributed by atoms with Crippen LogP contribution in [0.4, 0.5) is 13.2 Å². The van der Waals surface area contributed by atoms with Gasteiger partial charge in [-0.2, -0.15) is 13.2 Å². The zero-order valence-corrected chi connectivity index (χ0v) is 14.1. The Labute approximate surface area is 135 Å². The standard InChI is InChI=1S/C16H23BF3NO2/c1-6-21-13(16(18,19)20)11-8-7-9-12(10-11)17-22-14(2,3)15(4,5)23-17/h7-10,13,21H,6H2,1-5H3. The number of halogens is 3. The molecule has 1 aliphatic heterocycles. The Hall–Kier alpha value is -1.05. The van der Waals surface area contributed by atoms with Crippen LogP contribution < -0.4 is 10.8 Å². The second-order valence-electron chi connectivity index (χ2n) is 6.79. The molecule has 0 aliphatic carbocycles. The topological polar surface area (TPSA) is 30.5 Å². The minimum Gasteiger partial charge on any atom is -0.399 e. The van der Waals surface area contributed by atoms with Crippen molar-refractivity contribution in [2.24, 2.45) is 0 Å². The summed E-state index contributed by atoms with van der Waals surface area (Å²) < 4.78 is 51.5. The van der Waals surface area contributed by atoms with Crippen LogP contribution in [0.1, 0.15) is 46.2 Å². The highest BCUT2D eigenvalue weighted by molar-refractivity contribution is 6.62. The van der Waals surface area contributed by atoms with Crippen molar-refractivity contribution < 1.29 is 22.5 Å². The molecule has 1 unspecified atom stereocenters. The van der Waals surface area contributed by atoms with E-state index in [1.807, 2.05) is 27.7 Å². The highest BCUT2D eigenvalue weighted by Crippen LogP contribution is 2.37.